The second-order valence-corrected chi connectivity index (χ2v) is 7.51. The minimum atomic E-state index is -0.416. The number of carbonyl (C=O) groups is 1. The first-order chi connectivity index (χ1) is 13.9. The van der Waals surface area contributed by atoms with Crippen LogP contribution >= 0.6 is 11.6 Å². The van der Waals surface area contributed by atoms with Gasteiger partial charge in [0.05, 0.1) is 5.02 Å². The number of anilines is 1. The van der Waals surface area contributed by atoms with E-state index in [0.717, 1.165) is 31.6 Å². The van der Waals surface area contributed by atoms with Gasteiger partial charge < -0.3 is 25.2 Å². The Bertz CT molecular complexity index is 701. The molecule has 29 heavy (non-hydrogen) atoms. The Morgan fingerprint density at radius 3 is 2.93 bits per heavy atom. The third-order valence-corrected chi connectivity index (χ3v) is 4.92. The number of halogens is 2. The van der Waals surface area contributed by atoms with Crippen LogP contribution in [-0.4, -0.2) is 76.3 Å². The summed E-state index contributed by atoms with van der Waals surface area (Å²) in [6, 6.07) is 4.93. The van der Waals surface area contributed by atoms with Crippen molar-refractivity contribution in [1.82, 2.24) is 15.5 Å². The highest BCUT2D eigenvalue weighted by Gasteiger charge is 2.24. The van der Waals surface area contributed by atoms with Crippen LogP contribution in [0, 0.1) is 5.82 Å². The number of nitrogens with zero attached hydrogens (tertiary/aromatic N) is 3. The highest BCUT2D eigenvalue weighted by molar-refractivity contribution is 6.31. The second-order valence-electron chi connectivity index (χ2n) is 7.10. The van der Waals surface area contributed by atoms with Crippen LogP contribution in [0.4, 0.5) is 10.1 Å². The van der Waals surface area contributed by atoms with Gasteiger partial charge in [-0.05, 0) is 38.0 Å². The number of ether oxygens (including phenoxy) is 1. The molecule has 1 heterocycles. The molecule has 7 nitrogen and oxygen atoms in total. The summed E-state index contributed by atoms with van der Waals surface area (Å²) < 4.78 is 18.8. The van der Waals surface area contributed by atoms with Crippen LogP contribution in [0.15, 0.2) is 23.2 Å². The van der Waals surface area contributed by atoms with Crippen LogP contribution in [0.5, 0.6) is 0 Å². The Balaban J connectivity index is 1.93. The third kappa shape index (κ3) is 7.70. The van der Waals surface area contributed by atoms with E-state index in [9.17, 15) is 9.18 Å². The molecule has 0 bridgehead atoms. The molecule has 2 N–H and O–H groups in total. The molecule has 0 radical (unpaired) electrons. The molecule has 1 fully saturated rings. The molecular weight excluding hydrogens is 397 g/mol. The summed E-state index contributed by atoms with van der Waals surface area (Å²) in [6.07, 6.45) is 1.75. The van der Waals surface area contributed by atoms with E-state index in [-0.39, 0.29) is 23.5 Å². The number of carbonyl (C=O) groups excluding carboxylic acids is 1. The van der Waals surface area contributed by atoms with Gasteiger partial charge in [-0.1, -0.05) is 11.6 Å². The van der Waals surface area contributed by atoms with Crippen LogP contribution in [-0.2, 0) is 9.53 Å². The number of nitrogens with one attached hydrogen (secondary N) is 2. The third-order valence-electron chi connectivity index (χ3n) is 4.63. The lowest BCUT2D eigenvalue weighted by molar-refractivity contribution is -0.127. The SMILES string of the molecule is CCOCCCNC(=NCC(=O)N(C)C)NC1CCN(c2ccc(F)c(Cl)c2)C1. The maximum atomic E-state index is 13.4. The minimum Gasteiger partial charge on any atom is -0.382 e. The Morgan fingerprint density at radius 1 is 1.45 bits per heavy atom. The fourth-order valence-corrected chi connectivity index (χ4v) is 3.13. The fraction of sp³-hybridized carbons (Fsp3) is 0.600. The second kappa shape index (κ2) is 11.8. The summed E-state index contributed by atoms with van der Waals surface area (Å²) in [7, 11) is 3.42. The monoisotopic (exact) mass is 427 g/mol. The number of likely N-dealkylation sites (N-methyl/N-ethyl adjacent to an activating group) is 1. The number of aliphatic imine (C=N–C) groups is 1. The first-order valence-corrected chi connectivity index (χ1v) is 10.3. The van der Waals surface area contributed by atoms with Gasteiger partial charge in [0.15, 0.2) is 5.96 Å². The van der Waals surface area contributed by atoms with E-state index in [1.165, 1.54) is 11.0 Å². The number of benzene rings is 1. The predicted molar refractivity (Wildman–Crippen MR) is 115 cm³/mol. The van der Waals surface area contributed by atoms with Crippen LogP contribution in [0.2, 0.25) is 5.02 Å². The van der Waals surface area contributed by atoms with Crippen molar-refractivity contribution in [3.63, 3.8) is 0 Å². The Morgan fingerprint density at radius 2 is 2.24 bits per heavy atom. The van der Waals surface area contributed by atoms with Gasteiger partial charge >= 0.3 is 0 Å². The Kier molecular flexibility index (Phi) is 9.47. The Hall–Kier alpha value is -2.06. The summed E-state index contributed by atoms with van der Waals surface area (Å²) in [4.78, 5) is 20.0. The maximum absolute atomic E-state index is 13.4. The molecule has 1 saturated heterocycles. The van der Waals surface area contributed by atoms with Crippen molar-refractivity contribution in [1.29, 1.82) is 0 Å². The van der Waals surface area contributed by atoms with E-state index in [1.54, 1.807) is 26.2 Å². The van der Waals surface area contributed by atoms with Gasteiger partial charge in [-0.15, -0.1) is 0 Å². The molecule has 1 atom stereocenters. The van der Waals surface area contributed by atoms with Crippen LogP contribution in [0.3, 0.4) is 0 Å². The van der Waals surface area contributed by atoms with Gasteiger partial charge in [0.25, 0.3) is 0 Å². The normalized spacial score (nSPS) is 16.8. The highest BCUT2D eigenvalue weighted by Crippen LogP contribution is 2.25. The van der Waals surface area contributed by atoms with E-state index in [2.05, 4.69) is 20.5 Å². The van der Waals surface area contributed by atoms with Crippen molar-refractivity contribution >= 4 is 29.2 Å². The Labute approximate surface area is 177 Å². The van der Waals surface area contributed by atoms with Crippen molar-refractivity contribution in [3.05, 3.63) is 29.0 Å². The zero-order chi connectivity index (χ0) is 21.2. The summed E-state index contributed by atoms with van der Waals surface area (Å²) >= 11 is 5.91. The van der Waals surface area contributed by atoms with Crippen LogP contribution in [0.25, 0.3) is 0 Å². The molecule has 1 unspecified atom stereocenters. The van der Waals surface area contributed by atoms with Crippen molar-refractivity contribution in [3.8, 4) is 0 Å². The quantitative estimate of drug-likeness (QED) is 0.359. The molecule has 1 aliphatic rings. The standard InChI is InChI=1S/C20H31ClFN5O2/c1-4-29-11-5-9-23-20(24-13-19(28)26(2)3)25-15-8-10-27(14-15)16-6-7-18(22)17(21)12-16/h6-7,12,15H,4-5,8-11,13-14H2,1-3H3,(H2,23,24,25). The van der Waals surface area contributed by atoms with Crippen molar-refractivity contribution in [2.75, 3.05) is 58.4 Å². The van der Waals surface area contributed by atoms with E-state index in [1.807, 2.05) is 6.92 Å². The predicted octanol–water partition coefficient (Wildman–Crippen LogP) is 2.11. The smallest absolute Gasteiger partial charge is 0.243 e. The molecular formula is C20H31ClFN5O2. The first kappa shape index (κ1) is 23.2. The van der Waals surface area contributed by atoms with E-state index in [0.29, 0.717) is 25.7 Å². The zero-order valence-corrected chi connectivity index (χ0v) is 18.1. The highest BCUT2D eigenvalue weighted by atomic mass is 35.5. The number of amides is 1. The van der Waals surface area contributed by atoms with Crippen molar-refractivity contribution in [2.24, 2.45) is 4.99 Å². The van der Waals surface area contributed by atoms with Gasteiger partial charge in [-0.2, -0.15) is 0 Å². The van der Waals surface area contributed by atoms with Crippen LogP contribution < -0.4 is 15.5 Å². The summed E-state index contributed by atoms with van der Waals surface area (Å²) in [5.74, 6) is 0.135. The van der Waals surface area contributed by atoms with Crippen LogP contribution in [0.1, 0.15) is 19.8 Å². The van der Waals surface area contributed by atoms with E-state index >= 15 is 0 Å². The molecule has 2 rings (SSSR count). The van der Waals surface area contributed by atoms with Crippen molar-refractivity contribution in [2.45, 2.75) is 25.8 Å². The largest absolute Gasteiger partial charge is 0.382 e. The molecule has 0 spiro atoms. The van der Waals surface area contributed by atoms with Gasteiger partial charge in [0.1, 0.15) is 12.4 Å². The zero-order valence-electron chi connectivity index (χ0n) is 17.4. The molecule has 9 heteroatoms. The molecule has 0 saturated carbocycles. The van der Waals surface area contributed by atoms with Gasteiger partial charge in [-0.25, -0.2) is 9.38 Å². The molecule has 1 aliphatic heterocycles. The summed E-state index contributed by atoms with van der Waals surface area (Å²) in [6.45, 7) is 5.69. The first-order valence-electron chi connectivity index (χ1n) is 9.93. The summed E-state index contributed by atoms with van der Waals surface area (Å²) in [5.41, 5.74) is 0.895. The molecule has 162 valence electrons. The van der Waals surface area contributed by atoms with E-state index in [4.69, 9.17) is 16.3 Å². The number of hydrogen-bond acceptors (Lipinski definition) is 4. The average Bonchev–Trinajstić information content (AvgIpc) is 3.16. The molecule has 1 aromatic rings. The minimum absolute atomic E-state index is 0.0607. The molecule has 0 aliphatic carbocycles. The van der Waals surface area contributed by atoms with E-state index < -0.39 is 5.82 Å². The molecule has 1 aromatic carbocycles. The molecule has 0 aromatic heterocycles. The number of hydrogen-bond donors (Lipinski definition) is 2. The summed E-state index contributed by atoms with van der Waals surface area (Å²) in [5, 5.41) is 6.80. The maximum Gasteiger partial charge on any atom is 0.243 e. The topological polar surface area (TPSA) is 69.2 Å². The lowest BCUT2D eigenvalue weighted by Crippen LogP contribution is -2.45. The lowest BCUT2D eigenvalue weighted by Gasteiger charge is -2.21. The average molecular weight is 428 g/mol. The van der Waals surface area contributed by atoms with Gasteiger partial charge in [0.2, 0.25) is 5.91 Å². The molecule has 1 amide bonds. The number of rotatable bonds is 9. The number of guanidine groups is 1. The fourth-order valence-electron chi connectivity index (χ4n) is 2.95. The van der Waals surface area contributed by atoms with Gasteiger partial charge in [-0.3, -0.25) is 4.79 Å². The van der Waals surface area contributed by atoms with Gasteiger partial charge in [0, 0.05) is 58.7 Å². The lowest BCUT2D eigenvalue weighted by atomic mass is 10.2. The van der Waals surface area contributed by atoms with Crippen molar-refractivity contribution < 1.29 is 13.9 Å².